The van der Waals surface area contributed by atoms with Crippen molar-refractivity contribution < 1.29 is 4.79 Å². The lowest BCUT2D eigenvalue weighted by Crippen LogP contribution is -2.39. The first-order valence-electron chi connectivity index (χ1n) is 6.73. The van der Waals surface area contributed by atoms with Crippen LogP contribution < -0.4 is 0 Å². The zero-order valence-corrected chi connectivity index (χ0v) is 11.4. The van der Waals surface area contributed by atoms with Gasteiger partial charge in [-0.2, -0.15) is 5.10 Å². The van der Waals surface area contributed by atoms with E-state index in [-0.39, 0.29) is 0 Å². The molecular weight excluding hydrogens is 246 g/mol. The molecular formula is C13H19N3OS. The number of amides is 1. The molecule has 0 bridgehead atoms. The van der Waals surface area contributed by atoms with E-state index in [1.165, 1.54) is 25.7 Å². The fraction of sp³-hybridized carbons (Fsp3) is 0.692. The van der Waals surface area contributed by atoms with Gasteiger partial charge in [-0.3, -0.25) is 9.48 Å². The molecule has 98 valence electrons. The van der Waals surface area contributed by atoms with E-state index in [1.54, 1.807) is 0 Å². The predicted molar refractivity (Wildman–Crippen MR) is 72.4 cm³/mol. The van der Waals surface area contributed by atoms with Crippen molar-refractivity contribution in [1.82, 2.24) is 14.7 Å². The van der Waals surface area contributed by atoms with Crippen molar-refractivity contribution in [3.8, 4) is 0 Å². The van der Waals surface area contributed by atoms with Crippen molar-refractivity contribution in [2.75, 3.05) is 12.3 Å². The zero-order chi connectivity index (χ0) is 12.4. The Kier molecular flexibility index (Phi) is 3.59. The summed E-state index contributed by atoms with van der Waals surface area (Å²) < 4.78 is 1.99. The van der Waals surface area contributed by atoms with Crippen molar-refractivity contribution in [3.05, 3.63) is 18.0 Å². The van der Waals surface area contributed by atoms with Crippen LogP contribution in [0.3, 0.4) is 0 Å². The van der Waals surface area contributed by atoms with E-state index >= 15 is 0 Å². The average molecular weight is 265 g/mol. The van der Waals surface area contributed by atoms with E-state index in [0.29, 0.717) is 11.7 Å². The summed E-state index contributed by atoms with van der Waals surface area (Å²) in [6.45, 7) is 2.37. The van der Waals surface area contributed by atoms with Gasteiger partial charge in [-0.15, -0.1) is 11.8 Å². The highest BCUT2D eigenvalue weighted by Gasteiger charge is 2.22. The number of nitrogens with zero attached hydrogens (tertiary/aromatic N) is 3. The SMILES string of the molecule is O=C(CSC1CCCC1)N1CCn2nccc2C1. The average Bonchev–Trinajstić information content (AvgIpc) is 3.05. The molecule has 1 aromatic heterocycles. The van der Waals surface area contributed by atoms with Crippen molar-refractivity contribution in [2.45, 2.75) is 44.0 Å². The van der Waals surface area contributed by atoms with Gasteiger partial charge in [0.15, 0.2) is 0 Å². The van der Waals surface area contributed by atoms with Crippen LogP contribution in [-0.2, 0) is 17.9 Å². The Hall–Kier alpha value is -0.970. The number of aromatic nitrogens is 2. The van der Waals surface area contributed by atoms with E-state index in [4.69, 9.17) is 0 Å². The summed E-state index contributed by atoms with van der Waals surface area (Å²) in [7, 11) is 0. The third-order valence-corrected chi connectivity index (χ3v) is 5.19. The zero-order valence-electron chi connectivity index (χ0n) is 10.5. The normalized spacial score (nSPS) is 20.1. The molecule has 4 nitrogen and oxygen atoms in total. The van der Waals surface area contributed by atoms with Crippen molar-refractivity contribution >= 4 is 17.7 Å². The van der Waals surface area contributed by atoms with Crippen LogP contribution >= 0.6 is 11.8 Å². The summed E-state index contributed by atoms with van der Waals surface area (Å²) in [5, 5.41) is 4.96. The van der Waals surface area contributed by atoms with E-state index in [1.807, 2.05) is 33.6 Å². The first kappa shape index (κ1) is 12.1. The Morgan fingerprint density at radius 3 is 3.06 bits per heavy atom. The minimum Gasteiger partial charge on any atom is -0.334 e. The van der Waals surface area contributed by atoms with Crippen LogP contribution in [0.15, 0.2) is 12.3 Å². The van der Waals surface area contributed by atoms with Gasteiger partial charge in [-0.25, -0.2) is 0 Å². The number of carbonyl (C=O) groups is 1. The van der Waals surface area contributed by atoms with Gasteiger partial charge in [-0.1, -0.05) is 12.8 Å². The van der Waals surface area contributed by atoms with Crippen molar-refractivity contribution in [3.63, 3.8) is 0 Å². The minimum atomic E-state index is 0.291. The van der Waals surface area contributed by atoms with Crippen molar-refractivity contribution in [2.24, 2.45) is 0 Å². The lowest BCUT2D eigenvalue weighted by molar-refractivity contribution is -0.129. The maximum atomic E-state index is 12.2. The molecule has 1 amide bonds. The van der Waals surface area contributed by atoms with Gasteiger partial charge in [0.2, 0.25) is 5.91 Å². The number of thioether (sulfide) groups is 1. The molecule has 0 unspecified atom stereocenters. The molecule has 1 aromatic rings. The van der Waals surface area contributed by atoms with Crippen LogP contribution in [0.25, 0.3) is 0 Å². The van der Waals surface area contributed by atoms with Crippen LogP contribution in [0.2, 0.25) is 0 Å². The molecule has 3 rings (SSSR count). The van der Waals surface area contributed by atoms with E-state index in [2.05, 4.69) is 5.10 Å². The molecule has 1 saturated carbocycles. The summed E-state index contributed by atoms with van der Waals surface area (Å²) in [5.74, 6) is 0.943. The maximum Gasteiger partial charge on any atom is 0.232 e. The standard InChI is InChI=1S/C13H19N3OS/c17-13(10-18-12-3-1-2-4-12)15-7-8-16-11(9-15)5-6-14-16/h5-6,12H,1-4,7-10H2. The molecule has 0 atom stereocenters. The quantitative estimate of drug-likeness (QED) is 0.838. The molecule has 0 N–H and O–H groups in total. The molecule has 0 saturated heterocycles. The molecule has 1 aliphatic carbocycles. The molecule has 1 aliphatic heterocycles. The maximum absolute atomic E-state index is 12.2. The summed E-state index contributed by atoms with van der Waals surface area (Å²) in [4.78, 5) is 14.1. The van der Waals surface area contributed by atoms with Crippen molar-refractivity contribution in [1.29, 1.82) is 0 Å². The van der Waals surface area contributed by atoms with Crippen LogP contribution in [0.1, 0.15) is 31.4 Å². The topological polar surface area (TPSA) is 38.1 Å². The number of hydrogen-bond donors (Lipinski definition) is 0. The van der Waals surface area contributed by atoms with Gasteiger partial charge in [0.05, 0.1) is 24.5 Å². The molecule has 1 fully saturated rings. The number of fused-ring (bicyclic) bond motifs is 1. The highest BCUT2D eigenvalue weighted by molar-refractivity contribution is 8.00. The molecule has 0 aromatic carbocycles. The molecule has 2 aliphatic rings. The fourth-order valence-electron chi connectivity index (χ4n) is 2.73. The Labute approximate surface area is 112 Å². The number of hydrogen-bond acceptors (Lipinski definition) is 3. The van der Waals surface area contributed by atoms with Crippen LogP contribution in [0.5, 0.6) is 0 Å². The Morgan fingerprint density at radius 1 is 1.39 bits per heavy atom. The second-order valence-corrected chi connectivity index (χ2v) is 6.37. The number of rotatable bonds is 3. The summed E-state index contributed by atoms with van der Waals surface area (Å²) in [5.41, 5.74) is 1.15. The molecule has 2 heterocycles. The predicted octanol–water partition coefficient (Wildman–Crippen LogP) is 1.90. The molecule has 0 radical (unpaired) electrons. The highest BCUT2D eigenvalue weighted by Crippen LogP contribution is 2.29. The van der Waals surface area contributed by atoms with Gasteiger partial charge >= 0.3 is 0 Å². The first-order valence-corrected chi connectivity index (χ1v) is 7.78. The third kappa shape index (κ3) is 2.55. The van der Waals surface area contributed by atoms with Gasteiger partial charge in [0.1, 0.15) is 0 Å². The molecule has 18 heavy (non-hydrogen) atoms. The van der Waals surface area contributed by atoms with Gasteiger partial charge < -0.3 is 4.90 Å². The first-order chi connectivity index (χ1) is 8.83. The fourth-order valence-corrected chi connectivity index (χ4v) is 3.96. The Balaban J connectivity index is 1.51. The number of carbonyl (C=O) groups excluding carboxylic acids is 1. The van der Waals surface area contributed by atoms with Gasteiger partial charge in [0, 0.05) is 18.0 Å². The van der Waals surface area contributed by atoms with Gasteiger partial charge in [-0.05, 0) is 18.9 Å². The lowest BCUT2D eigenvalue weighted by atomic mass is 10.3. The summed E-state index contributed by atoms with van der Waals surface area (Å²) in [6.07, 6.45) is 7.09. The molecule has 0 spiro atoms. The van der Waals surface area contributed by atoms with E-state index < -0.39 is 0 Å². The van der Waals surface area contributed by atoms with Crippen LogP contribution in [-0.4, -0.2) is 38.1 Å². The van der Waals surface area contributed by atoms with E-state index in [9.17, 15) is 4.79 Å². The lowest BCUT2D eigenvalue weighted by Gasteiger charge is -2.28. The minimum absolute atomic E-state index is 0.291. The second kappa shape index (κ2) is 5.34. The van der Waals surface area contributed by atoms with Crippen LogP contribution in [0, 0.1) is 0 Å². The Morgan fingerprint density at radius 2 is 2.22 bits per heavy atom. The van der Waals surface area contributed by atoms with Gasteiger partial charge in [0.25, 0.3) is 0 Å². The monoisotopic (exact) mass is 265 g/mol. The smallest absolute Gasteiger partial charge is 0.232 e. The third-order valence-electron chi connectivity index (χ3n) is 3.84. The summed E-state index contributed by atoms with van der Waals surface area (Å²) >= 11 is 1.86. The Bertz CT molecular complexity index is 426. The molecule has 5 heteroatoms. The largest absolute Gasteiger partial charge is 0.334 e. The highest BCUT2D eigenvalue weighted by atomic mass is 32.2. The van der Waals surface area contributed by atoms with Crippen LogP contribution in [0.4, 0.5) is 0 Å². The summed E-state index contributed by atoms with van der Waals surface area (Å²) in [6, 6.07) is 2.00. The second-order valence-electron chi connectivity index (χ2n) is 5.08. The van der Waals surface area contributed by atoms with E-state index in [0.717, 1.165) is 30.6 Å².